The minimum Gasteiger partial charge on any atom is -0.476 e. The number of aromatic nitrogens is 1. The maximum atomic E-state index is 13.2. The molecular weight excluding hydrogens is 402 g/mol. The van der Waals surface area contributed by atoms with E-state index in [4.69, 9.17) is 4.74 Å². The van der Waals surface area contributed by atoms with Gasteiger partial charge in [-0.15, -0.1) is 0 Å². The average molecular weight is 423 g/mol. The Kier molecular flexibility index (Phi) is 5.67. The van der Waals surface area contributed by atoms with Gasteiger partial charge in [0, 0.05) is 6.20 Å². The van der Waals surface area contributed by atoms with Crippen molar-refractivity contribution < 1.29 is 17.9 Å². The average Bonchev–Trinajstić information content (AvgIpc) is 2.77. The number of rotatable bonds is 6. The second kappa shape index (κ2) is 8.54. The number of para-hydroxylation sites is 2. The molecule has 0 bridgehead atoms. The molecule has 154 valence electrons. The molecule has 0 saturated carbocycles. The normalized spacial score (nSPS) is 15.7. The molecule has 3 aromatic rings. The number of amides is 1. The smallest absolute Gasteiger partial charge is 0.263 e. The number of hydrogen-bond acceptors (Lipinski definition) is 5. The highest BCUT2D eigenvalue weighted by molar-refractivity contribution is 7.92. The number of fused-ring (bicyclic) bond motifs is 1. The second-order valence-electron chi connectivity index (χ2n) is 6.89. The zero-order valence-corrected chi connectivity index (χ0v) is 17.0. The van der Waals surface area contributed by atoms with Gasteiger partial charge in [-0.2, -0.15) is 0 Å². The zero-order chi connectivity index (χ0) is 21.0. The summed E-state index contributed by atoms with van der Waals surface area (Å²) in [6, 6.07) is 21.2. The van der Waals surface area contributed by atoms with Gasteiger partial charge in [-0.1, -0.05) is 48.5 Å². The van der Waals surface area contributed by atoms with Crippen molar-refractivity contribution in [2.45, 2.75) is 18.4 Å². The van der Waals surface area contributed by atoms with Crippen LogP contribution in [0.2, 0.25) is 0 Å². The van der Waals surface area contributed by atoms with Crippen molar-refractivity contribution in [3.05, 3.63) is 90.3 Å². The molecule has 1 aliphatic heterocycles. The van der Waals surface area contributed by atoms with E-state index in [1.54, 1.807) is 66.9 Å². The van der Waals surface area contributed by atoms with Gasteiger partial charge < -0.3 is 10.1 Å². The van der Waals surface area contributed by atoms with Gasteiger partial charge in [-0.25, -0.2) is 8.42 Å². The molecule has 0 fully saturated rings. The maximum absolute atomic E-state index is 13.2. The van der Waals surface area contributed by atoms with E-state index in [0.29, 0.717) is 22.7 Å². The highest BCUT2D eigenvalue weighted by atomic mass is 32.2. The monoisotopic (exact) mass is 423 g/mol. The maximum Gasteiger partial charge on any atom is 0.263 e. The molecule has 1 N–H and O–H groups in total. The number of benzene rings is 2. The standard InChI is InChI=1S/C22H21N3O4S/c26-22(24-14-18-10-6-7-13-23-18)21-15-25(19-11-4-5-12-20(19)29-21)30(27,28)16-17-8-2-1-3-9-17/h1-13,21H,14-16H2,(H,24,26)/t21-/m1/s1. The first kappa shape index (κ1) is 19.9. The van der Waals surface area contributed by atoms with Crippen molar-refractivity contribution in [2.75, 3.05) is 10.8 Å². The van der Waals surface area contributed by atoms with Crippen molar-refractivity contribution in [2.24, 2.45) is 0 Å². The third-order valence-electron chi connectivity index (χ3n) is 4.72. The van der Waals surface area contributed by atoms with Crippen LogP contribution in [-0.4, -0.2) is 32.0 Å². The summed E-state index contributed by atoms with van der Waals surface area (Å²) in [5.74, 6) is -0.196. The molecule has 0 saturated heterocycles. The first-order chi connectivity index (χ1) is 14.5. The molecule has 30 heavy (non-hydrogen) atoms. The van der Waals surface area contributed by atoms with Crippen molar-refractivity contribution in [1.29, 1.82) is 0 Å². The largest absolute Gasteiger partial charge is 0.476 e. The van der Waals surface area contributed by atoms with E-state index in [2.05, 4.69) is 10.3 Å². The van der Waals surface area contributed by atoms with E-state index < -0.39 is 22.0 Å². The Labute approximate surface area is 175 Å². The summed E-state index contributed by atoms with van der Waals surface area (Å²) in [4.78, 5) is 16.9. The van der Waals surface area contributed by atoms with E-state index in [1.807, 2.05) is 12.1 Å². The lowest BCUT2D eigenvalue weighted by atomic mass is 10.2. The Balaban J connectivity index is 1.55. The molecular formula is C22H21N3O4S. The van der Waals surface area contributed by atoms with E-state index in [-0.39, 0.29) is 18.8 Å². The summed E-state index contributed by atoms with van der Waals surface area (Å²) in [5, 5.41) is 2.77. The molecule has 0 radical (unpaired) electrons. The minimum absolute atomic E-state index is 0.0970. The topological polar surface area (TPSA) is 88.6 Å². The summed E-state index contributed by atoms with van der Waals surface area (Å²) in [6.45, 7) is 0.137. The molecule has 2 heterocycles. The van der Waals surface area contributed by atoms with Gasteiger partial charge in [0.2, 0.25) is 10.0 Å². The lowest BCUT2D eigenvalue weighted by molar-refractivity contribution is -0.127. The highest BCUT2D eigenvalue weighted by Crippen LogP contribution is 2.35. The summed E-state index contributed by atoms with van der Waals surface area (Å²) in [7, 11) is -3.72. The van der Waals surface area contributed by atoms with Crippen LogP contribution in [0.25, 0.3) is 0 Å². The molecule has 0 spiro atoms. The Morgan fingerprint density at radius 2 is 1.77 bits per heavy atom. The van der Waals surface area contributed by atoms with E-state index in [0.717, 1.165) is 0 Å². The molecule has 0 unspecified atom stereocenters. The van der Waals surface area contributed by atoms with Gasteiger partial charge in [0.1, 0.15) is 5.75 Å². The van der Waals surface area contributed by atoms with Gasteiger partial charge in [0.25, 0.3) is 5.91 Å². The van der Waals surface area contributed by atoms with Crippen molar-refractivity contribution in [1.82, 2.24) is 10.3 Å². The molecule has 2 aromatic carbocycles. The molecule has 8 heteroatoms. The number of hydrogen-bond donors (Lipinski definition) is 1. The molecule has 1 amide bonds. The summed E-state index contributed by atoms with van der Waals surface area (Å²) in [5.41, 5.74) is 1.82. The number of nitrogens with zero attached hydrogens (tertiary/aromatic N) is 2. The SMILES string of the molecule is O=C(NCc1ccccn1)[C@H]1CN(S(=O)(=O)Cc2ccccc2)c2ccccc2O1. The highest BCUT2D eigenvalue weighted by Gasteiger charge is 2.36. The molecule has 1 atom stereocenters. The number of sulfonamides is 1. The minimum atomic E-state index is -3.72. The van der Waals surface area contributed by atoms with Crippen LogP contribution in [0.4, 0.5) is 5.69 Å². The van der Waals surface area contributed by atoms with Gasteiger partial charge in [0.05, 0.1) is 30.2 Å². The Morgan fingerprint density at radius 3 is 2.53 bits per heavy atom. The predicted octanol–water partition coefficient (Wildman–Crippen LogP) is 2.50. The zero-order valence-electron chi connectivity index (χ0n) is 16.1. The quantitative estimate of drug-likeness (QED) is 0.658. The van der Waals surface area contributed by atoms with Gasteiger partial charge in [0.15, 0.2) is 6.10 Å². The molecule has 1 aliphatic rings. The number of carbonyl (C=O) groups excluding carboxylic acids is 1. The van der Waals surface area contributed by atoms with Crippen LogP contribution in [0.3, 0.4) is 0 Å². The summed E-state index contributed by atoms with van der Waals surface area (Å²) in [6.07, 6.45) is 0.682. The summed E-state index contributed by atoms with van der Waals surface area (Å²) < 4.78 is 33.5. The Hall–Kier alpha value is -3.39. The third-order valence-corrected chi connectivity index (χ3v) is 6.44. The number of carbonyl (C=O) groups is 1. The molecule has 0 aliphatic carbocycles. The van der Waals surface area contributed by atoms with Gasteiger partial charge in [-0.05, 0) is 29.8 Å². The first-order valence-electron chi connectivity index (χ1n) is 9.50. The van der Waals surface area contributed by atoms with Crippen molar-refractivity contribution in [3.63, 3.8) is 0 Å². The van der Waals surface area contributed by atoms with E-state index in [1.165, 1.54) is 4.31 Å². The van der Waals surface area contributed by atoms with Crippen molar-refractivity contribution >= 4 is 21.6 Å². The fourth-order valence-corrected chi connectivity index (χ4v) is 4.84. The Bertz CT molecular complexity index is 1120. The van der Waals surface area contributed by atoms with Crippen LogP contribution >= 0.6 is 0 Å². The van der Waals surface area contributed by atoms with E-state index >= 15 is 0 Å². The number of anilines is 1. The lowest BCUT2D eigenvalue weighted by Crippen LogP contribution is -2.50. The lowest BCUT2D eigenvalue weighted by Gasteiger charge is -2.34. The molecule has 7 nitrogen and oxygen atoms in total. The number of nitrogens with one attached hydrogen (secondary N) is 1. The van der Waals surface area contributed by atoms with Gasteiger partial charge >= 0.3 is 0 Å². The van der Waals surface area contributed by atoms with Crippen LogP contribution in [0.5, 0.6) is 5.75 Å². The van der Waals surface area contributed by atoms with Crippen LogP contribution < -0.4 is 14.4 Å². The first-order valence-corrected chi connectivity index (χ1v) is 11.1. The Morgan fingerprint density at radius 1 is 1.03 bits per heavy atom. The van der Waals surface area contributed by atoms with E-state index in [9.17, 15) is 13.2 Å². The van der Waals surface area contributed by atoms with Crippen LogP contribution in [-0.2, 0) is 27.1 Å². The van der Waals surface area contributed by atoms with Crippen LogP contribution in [0, 0.1) is 0 Å². The van der Waals surface area contributed by atoms with Crippen LogP contribution in [0.15, 0.2) is 79.0 Å². The molecule has 1 aromatic heterocycles. The molecule has 4 rings (SSSR count). The van der Waals surface area contributed by atoms with Gasteiger partial charge in [-0.3, -0.25) is 14.1 Å². The van der Waals surface area contributed by atoms with Crippen molar-refractivity contribution in [3.8, 4) is 5.75 Å². The second-order valence-corrected chi connectivity index (χ2v) is 8.78. The fourth-order valence-electron chi connectivity index (χ4n) is 3.26. The predicted molar refractivity (Wildman–Crippen MR) is 113 cm³/mol. The van der Waals surface area contributed by atoms with Crippen LogP contribution in [0.1, 0.15) is 11.3 Å². The fraction of sp³-hybridized carbons (Fsp3) is 0.182. The third kappa shape index (κ3) is 4.44. The number of ether oxygens (including phenoxy) is 1. The summed E-state index contributed by atoms with van der Waals surface area (Å²) >= 11 is 0. The number of pyridine rings is 1.